The third-order valence-electron chi connectivity index (χ3n) is 5.16. The Morgan fingerprint density at radius 1 is 1.10 bits per heavy atom. The Kier molecular flexibility index (Phi) is 4.23. The van der Waals surface area contributed by atoms with Gasteiger partial charge in [0.2, 0.25) is 0 Å². The molecule has 0 amide bonds. The van der Waals surface area contributed by atoms with Crippen molar-refractivity contribution in [2.75, 3.05) is 26.4 Å². The third kappa shape index (κ3) is 3.09. The van der Waals surface area contributed by atoms with Gasteiger partial charge < -0.3 is 15.2 Å². The molecule has 1 aliphatic carbocycles. The maximum Gasteiger partial charge on any atom is 0.119 e. The van der Waals surface area contributed by atoms with Crippen molar-refractivity contribution in [2.24, 2.45) is 11.1 Å². The van der Waals surface area contributed by atoms with Gasteiger partial charge in [-0.25, -0.2) is 0 Å². The summed E-state index contributed by atoms with van der Waals surface area (Å²) in [7, 11) is 0. The summed E-state index contributed by atoms with van der Waals surface area (Å²) in [4.78, 5) is 0. The van der Waals surface area contributed by atoms with Gasteiger partial charge in [0.15, 0.2) is 0 Å². The predicted octanol–water partition coefficient (Wildman–Crippen LogP) is 3.26. The molecule has 2 fully saturated rings. The first-order valence-electron chi connectivity index (χ1n) is 8.17. The van der Waals surface area contributed by atoms with E-state index in [1.807, 2.05) is 0 Å². The summed E-state index contributed by atoms with van der Waals surface area (Å²) in [6, 6.07) is 8.63. The van der Waals surface area contributed by atoms with Crippen molar-refractivity contribution in [3.63, 3.8) is 0 Å². The number of ether oxygens (including phenoxy) is 2. The second-order valence-corrected chi connectivity index (χ2v) is 7.16. The molecular formula is C18H27NO2. The smallest absolute Gasteiger partial charge is 0.119 e. The first kappa shape index (κ1) is 14.9. The van der Waals surface area contributed by atoms with Gasteiger partial charge in [0, 0.05) is 17.4 Å². The summed E-state index contributed by atoms with van der Waals surface area (Å²) in [5.41, 5.74) is 7.88. The van der Waals surface area contributed by atoms with Gasteiger partial charge in [0.25, 0.3) is 0 Å². The van der Waals surface area contributed by atoms with Crippen LogP contribution in [0.25, 0.3) is 0 Å². The van der Waals surface area contributed by atoms with E-state index < -0.39 is 0 Å². The normalized spacial score (nSPS) is 23.3. The van der Waals surface area contributed by atoms with Crippen molar-refractivity contribution >= 4 is 0 Å². The minimum atomic E-state index is 0.195. The molecule has 2 N–H and O–H groups in total. The number of hydrogen-bond acceptors (Lipinski definition) is 3. The van der Waals surface area contributed by atoms with Gasteiger partial charge in [-0.1, -0.05) is 38.3 Å². The summed E-state index contributed by atoms with van der Waals surface area (Å²) in [5.74, 6) is 0.954. The molecular weight excluding hydrogens is 262 g/mol. The summed E-state index contributed by atoms with van der Waals surface area (Å²) in [6.45, 7) is 5.30. The number of rotatable bonds is 5. The summed E-state index contributed by atoms with van der Waals surface area (Å²) in [5, 5.41) is 0. The Labute approximate surface area is 127 Å². The first-order valence-corrected chi connectivity index (χ1v) is 8.17. The lowest BCUT2D eigenvalue weighted by Gasteiger charge is -2.38. The summed E-state index contributed by atoms with van der Waals surface area (Å²) < 4.78 is 11.2. The van der Waals surface area contributed by atoms with Crippen molar-refractivity contribution < 1.29 is 9.47 Å². The van der Waals surface area contributed by atoms with E-state index in [2.05, 4.69) is 31.2 Å². The average molecular weight is 289 g/mol. The van der Waals surface area contributed by atoms with Crippen LogP contribution in [0.1, 0.15) is 44.6 Å². The van der Waals surface area contributed by atoms with E-state index in [1.165, 1.54) is 37.7 Å². The molecule has 1 aromatic rings. The van der Waals surface area contributed by atoms with Gasteiger partial charge in [0.05, 0.1) is 19.8 Å². The summed E-state index contributed by atoms with van der Waals surface area (Å²) >= 11 is 0. The molecule has 2 aliphatic rings. The largest absolute Gasteiger partial charge is 0.493 e. The molecule has 1 heterocycles. The second kappa shape index (κ2) is 5.98. The minimum absolute atomic E-state index is 0.195. The van der Waals surface area contributed by atoms with Crippen LogP contribution in [0.15, 0.2) is 24.3 Å². The van der Waals surface area contributed by atoms with E-state index in [1.54, 1.807) is 0 Å². The van der Waals surface area contributed by atoms with Crippen LogP contribution in [0.2, 0.25) is 0 Å². The molecule has 0 aromatic heterocycles. The molecule has 1 aliphatic heterocycles. The molecule has 0 radical (unpaired) electrons. The minimum Gasteiger partial charge on any atom is -0.493 e. The van der Waals surface area contributed by atoms with Gasteiger partial charge >= 0.3 is 0 Å². The zero-order valence-corrected chi connectivity index (χ0v) is 13.1. The third-order valence-corrected chi connectivity index (χ3v) is 5.16. The van der Waals surface area contributed by atoms with Crippen molar-refractivity contribution in [2.45, 2.75) is 44.4 Å². The highest BCUT2D eigenvalue weighted by molar-refractivity contribution is 5.33. The molecule has 3 nitrogen and oxygen atoms in total. The number of nitrogens with two attached hydrogens (primary N) is 1. The highest BCUT2D eigenvalue weighted by Gasteiger charge is 2.34. The molecule has 1 saturated carbocycles. The van der Waals surface area contributed by atoms with Crippen LogP contribution in [-0.2, 0) is 10.2 Å². The number of benzene rings is 1. The highest BCUT2D eigenvalue weighted by atomic mass is 16.5. The van der Waals surface area contributed by atoms with Crippen LogP contribution < -0.4 is 10.5 Å². The van der Waals surface area contributed by atoms with Gasteiger partial charge in [-0.3, -0.25) is 0 Å². The fraction of sp³-hybridized carbons (Fsp3) is 0.667. The topological polar surface area (TPSA) is 44.5 Å². The van der Waals surface area contributed by atoms with Gasteiger partial charge in [-0.05, 0) is 30.5 Å². The molecule has 116 valence electrons. The van der Waals surface area contributed by atoms with E-state index in [-0.39, 0.29) is 10.8 Å². The summed E-state index contributed by atoms with van der Waals surface area (Å²) in [6.07, 6.45) is 6.39. The first-order chi connectivity index (χ1) is 10.2. The number of hydrogen-bond donors (Lipinski definition) is 1. The zero-order valence-electron chi connectivity index (χ0n) is 13.1. The predicted molar refractivity (Wildman–Crippen MR) is 84.7 cm³/mol. The standard InChI is InChI=1S/C18H27NO2/c1-17(12-20-13-17)14-21-16-7-5-15(6-8-16)18(11-19)9-3-2-4-10-18/h5-8H,2-4,9-14,19H2,1H3. The molecule has 1 aromatic carbocycles. The van der Waals surface area contributed by atoms with E-state index in [0.717, 1.165) is 32.1 Å². The Hall–Kier alpha value is -1.06. The molecule has 0 spiro atoms. The fourth-order valence-corrected chi connectivity index (χ4v) is 3.54. The van der Waals surface area contributed by atoms with Crippen molar-refractivity contribution in [3.8, 4) is 5.75 Å². The van der Waals surface area contributed by atoms with Crippen LogP contribution in [0.5, 0.6) is 5.75 Å². The maximum atomic E-state index is 6.10. The van der Waals surface area contributed by atoms with Crippen LogP contribution in [0, 0.1) is 5.41 Å². The zero-order chi connectivity index (χ0) is 14.8. The van der Waals surface area contributed by atoms with Crippen molar-refractivity contribution in [1.29, 1.82) is 0 Å². The van der Waals surface area contributed by atoms with Crippen LogP contribution >= 0.6 is 0 Å². The maximum absolute atomic E-state index is 6.10. The lowest BCUT2D eigenvalue weighted by Crippen LogP contribution is -2.44. The Bertz CT molecular complexity index is 459. The van der Waals surface area contributed by atoms with Crippen LogP contribution in [0.4, 0.5) is 0 Å². The van der Waals surface area contributed by atoms with Gasteiger partial charge in [-0.2, -0.15) is 0 Å². The lowest BCUT2D eigenvalue weighted by atomic mass is 9.69. The SMILES string of the molecule is CC1(COc2ccc(C3(CN)CCCCC3)cc2)COC1. The van der Waals surface area contributed by atoms with E-state index in [4.69, 9.17) is 15.2 Å². The van der Waals surface area contributed by atoms with Gasteiger partial charge in [-0.15, -0.1) is 0 Å². The molecule has 1 saturated heterocycles. The fourth-order valence-electron chi connectivity index (χ4n) is 3.54. The van der Waals surface area contributed by atoms with Gasteiger partial charge in [0.1, 0.15) is 5.75 Å². The monoisotopic (exact) mass is 289 g/mol. The molecule has 21 heavy (non-hydrogen) atoms. The molecule has 0 unspecified atom stereocenters. The molecule has 0 bridgehead atoms. The second-order valence-electron chi connectivity index (χ2n) is 7.16. The molecule has 3 rings (SSSR count). The molecule has 3 heteroatoms. The van der Waals surface area contributed by atoms with Crippen molar-refractivity contribution in [1.82, 2.24) is 0 Å². The van der Waals surface area contributed by atoms with E-state index in [0.29, 0.717) is 0 Å². The van der Waals surface area contributed by atoms with Crippen molar-refractivity contribution in [3.05, 3.63) is 29.8 Å². The van der Waals surface area contributed by atoms with Crippen LogP contribution in [-0.4, -0.2) is 26.4 Å². The van der Waals surface area contributed by atoms with E-state index in [9.17, 15) is 0 Å². The Balaban J connectivity index is 1.65. The Morgan fingerprint density at radius 2 is 1.76 bits per heavy atom. The Morgan fingerprint density at radius 3 is 2.29 bits per heavy atom. The highest BCUT2D eigenvalue weighted by Crippen LogP contribution is 2.39. The average Bonchev–Trinajstić information content (AvgIpc) is 2.52. The molecule has 0 atom stereocenters. The van der Waals surface area contributed by atoms with E-state index >= 15 is 0 Å². The lowest BCUT2D eigenvalue weighted by molar-refractivity contribution is -0.120. The quantitative estimate of drug-likeness (QED) is 0.905. The van der Waals surface area contributed by atoms with Crippen LogP contribution in [0.3, 0.4) is 0 Å².